The van der Waals surface area contributed by atoms with Crippen LogP contribution in [0.5, 0.6) is 5.75 Å². The Hall–Kier alpha value is -2.85. The minimum absolute atomic E-state index is 0.177. The van der Waals surface area contributed by atoms with Crippen molar-refractivity contribution in [3.8, 4) is 5.75 Å². The molecule has 1 N–H and O–H groups in total. The minimum Gasteiger partial charge on any atom is -0.494 e. The SMILES string of the molecule is O=C(O)C1CCN(Cc2ccc3cc(OCCCc4ccccc4)ccc3c2)CC1. The highest BCUT2D eigenvalue weighted by atomic mass is 16.5. The molecule has 1 aliphatic rings. The summed E-state index contributed by atoms with van der Waals surface area (Å²) in [5.74, 6) is 0.0847. The van der Waals surface area contributed by atoms with E-state index in [9.17, 15) is 4.79 Å². The van der Waals surface area contributed by atoms with Gasteiger partial charge in [-0.1, -0.05) is 48.5 Å². The van der Waals surface area contributed by atoms with Gasteiger partial charge in [0.05, 0.1) is 12.5 Å². The van der Waals surface area contributed by atoms with E-state index < -0.39 is 5.97 Å². The Bertz CT molecular complexity index is 978. The Morgan fingerprint density at radius 3 is 2.43 bits per heavy atom. The minimum atomic E-state index is -0.654. The standard InChI is InChI=1S/C26H29NO3/c28-26(29)22-12-14-27(15-13-22)19-21-8-9-24-18-25(11-10-23(24)17-21)30-16-4-7-20-5-2-1-3-6-20/h1-3,5-6,8-11,17-18,22H,4,7,12-16,19H2,(H,28,29). The number of aliphatic carboxylic acids is 1. The van der Waals surface area contributed by atoms with Gasteiger partial charge in [-0.3, -0.25) is 9.69 Å². The number of carbonyl (C=O) groups is 1. The highest BCUT2D eigenvalue weighted by Gasteiger charge is 2.24. The smallest absolute Gasteiger partial charge is 0.306 e. The van der Waals surface area contributed by atoms with Gasteiger partial charge in [0.1, 0.15) is 5.75 Å². The van der Waals surface area contributed by atoms with E-state index in [-0.39, 0.29) is 5.92 Å². The van der Waals surface area contributed by atoms with Gasteiger partial charge in [0.25, 0.3) is 0 Å². The van der Waals surface area contributed by atoms with Crippen LogP contribution >= 0.6 is 0 Å². The van der Waals surface area contributed by atoms with Gasteiger partial charge in [-0.25, -0.2) is 0 Å². The fourth-order valence-corrected chi connectivity index (χ4v) is 4.17. The fraction of sp³-hybridized carbons (Fsp3) is 0.346. The third-order valence-electron chi connectivity index (χ3n) is 5.94. The Morgan fingerprint density at radius 2 is 1.67 bits per heavy atom. The highest BCUT2D eigenvalue weighted by molar-refractivity contribution is 5.84. The Labute approximate surface area is 178 Å². The van der Waals surface area contributed by atoms with Crippen LogP contribution in [0, 0.1) is 5.92 Å². The third-order valence-corrected chi connectivity index (χ3v) is 5.94. The summed E-state index contributed by atoms with van der Waals surface area (Å²) in [6.45, 7) is 3.29. The van der Waals surface area contributed by atoms with E-state index in [1.165, 1.54) is 21.9 Å². The van der Waals surface area contributed by atoms with Crippen LogP contribution in [0.2, 0.25) is 0 Å². The van der Waals surface area contributed by atoms with Gasteiger partial charge in [0, 0.05) is 6.54 Å². The van der Waals surface area contributed by atoms with Crippen molar-refractivity contribution >= 4 is 16.7 Å². The van der Waals surface area contributed by atoms with E-state index in [4.69, 9.17) is 9.84 Å². The summed E-state index contributed by atoms with van der Waals surface area (Å²) in [4.78, 5) is 13.5. The molecule has 0 aromatic heterocycles. The van der Waals surface area contributed by atoms with Crippen molar-refractivity contribution in [2.45, 2.75) is 32.2 Å². The number of nitrogens with zero attached hydrogens (tertiary/aromatic N) is 1. The maximum absolute atomic E-state index is 11.1. The van der Waals surface area contributed by atoms with E-state index in [0.29, 0.717) is 6.61 Å². The largest absolute Gasteiger partial charge is 0.494 e. The summed E-state index contributed by atoms with van der Waals surface area (Å²) in [5, 5.41) is 11.5. The number of carboxylic acid groups (broad SMARTS) is 1. The number of aryl methyl sites for hydroxylation is 1. The second kappa shape index (κ2) is 9.77. The first-order valence-electron chi connectivity index (χ1n) is 10.8. The normalized spacial score (nSPS) is 15.3. The molecule has 1 fully saturated rings. The van der Waals surface area contributed by atoms with Crippen molar-refractivity contribution in [3.63, 3.8) is 0 Å². The molecule has 0 spiro atoms. The molecule has 1 saturated heterocycles. The van der Waals surface area contributed by atoms with Crippen LogP contribution < -0.4 is 4.74 Å². The lowest BCUT2D eigenvalue weighted by molar-refractivity contribution is -0.143. The van der Waals surface area contributed by atoms with Gasteiger partial charge in [0.2, 0.25) is 0 Å². The lowest BCUT2D eigenvalue weighted by atomic mass is 9.96. The summed E-state index contributed by atoms with van der Waals surface area (Å²) in [5.41, 5.74) is 2.62. The molecule has 1 aliphatic heterocycles. The van der Waals surface area contributed by atoms with Crippen LogP contribution in [0.3, 0.4) is 0 Å². The summed E-state index contributed by atoms with van der Waals surface area (Å²) in [6, 6.07) is 23.4. The molecule has 0 atom stereocenters. The van der Waals surface area contributed by atoms with Gasteiger partial charge in [0.15, 0.2) is 0 Å². The van der Waals surface area contributed by atoms with E-state index >= 15 is 0 Å². The third kappa shape index (κ3) is 5.39. The summed E-state index contributed by atoms with van der Waals surface area (Å²) in [7, 11) is 0. The summed E-state index contributed by atoms with van der Waals surface area (Å²) in [6.07, 6.45) is 3.52. The molecular weight excluding hydrogens is 374 g/mol. The van der Waals surface area contributed by atoms with Crippen molar-refractivity contribution < 1.29 is 14.6 Å². The number of fused-ring (bicyclic) bond motifs is 1. The molecule has 0 radical (unpaired) electrons. The van der Waals surface area contributed by atoms with Gasteiger partial charge in [-0.15, -0.1) is 0 Å². The molecule has 30 heavy (non-hydrogen) atoms. The zero-order chi connectivity index (χ0) is 20.8. The second-order valence-corrected chi connectivity index (χ2v) is 8.17. The monoisotopic (exact) mass is 403 g/mol. The lowest BCUT2D eigenvalue weighted by Crippen LogP contribution is -2.35. The number of rotatable bonds is 8. The maximum Gasteiger partial charge on any atom is 0.306 e. The second-order valence-electron chi connectivity index (χ2n) is 8.17. The van der Waals surface area contributed by atoms with Crippen LogP contribution in [-0.2, 0) is 17.8 Å². The first kappa shape index (κ1) is 20.4. The van der Waals surface area contributed by atoms with Gasteiger partial charge < -0.3 is 9.84 Å². The van der Waals surface area contributed by atoms with Crippen LogP contribution in [-0.4, -0.2) is 35.7 Å². The van der Waals surface area contributed by atoms with Crippen LogP contribution in [0.4, 0.5) is 0 Å². The first-order valence-corrected chi connectivity index (χ1v) is 10.8. The van der Waals surface area contributed by atoms with Gasteiger partial charge in [-0.2, -0.15) is 0 Å². The average Bonchev–Trinajstić information content (AvgIpc) is 2.78. The Kier molecular flexibility index (Phi) is 6.65. The Balaban J connectivity index is 1.29. The molecule has 4 nitrogen and oxygen atoms in total. The maximum atomic E-state index is 11.1. The summed E-state index contributed by atoms with van der Waals surface area (Å²) < 4.78 is 5.96. The van der Waals surface area contributed by atoms with Crippen molar-refractivity contribution in [1.82, 2.24) is 4.90 Å². The predicted octanol–water partition coefficient (Wildman–Crippen LogP) is 5.15. The zero-order valence-electron chi connectivity index (χ0n) is 17.3. The topological polar surface area (TPSA) is 49.8 Å². The van der Waals surface area contributed by atoms with E-state index in [1.807, 2.05) is 12.1 Å². The van der Waals surface area contributed by atoms with Crippen LogP contribution in [0.1, 0.15) is 30.4 Å². The van der Waals surface area contributed by atoms with E-state index in [1.54, 1.807) is 0 Å². The van der Waals surface area contributed by atoms with Crippen molar-refractivity contribution in [1.29, 1.82) is 0 Å². The van der Waals surface area contributed by atoms with E-state index in [2.05, 4.69) is 59.5 Å². The molecule has 4 heteroatoms. The number of ether oxygens (including phenoxy) is 1. The lowest BCUT2D eigenvalue weighted by Gasteiger charge is -2.30. The fourth-order valence-electron chi connectivity index (χ4n) is 4.17. The first-order chi connectivity index (χ1) is 14.7. The number of likely N-dealkylation sites (tertiary alicyclic amines) is 1. The molecular formula is C26H29NO3. The molecule has 0 unspecified atom stereocenters. The molecule has 0 bridgehead atoms. The molecule has 1 heterocycles. The molecule has 3 aromatic carbocycles. The average molecular weight is 404 g/mol. The predicted molar refractivity (Wildman–Crippen MR) is 120 cm³/mol. The van der Waals surface area contributed by atoms with Gasteiger partial charge in [-0.05, 0) is 78.9 Å². The molecule has 0 saturated carbocycles. The summed E-state index contributed by atoms with van der Waals surface area (Å²) >= 11 is 0. The van der Waals surface area contributed by atoms with Gasteiger partial charge >= 0.3 is 5.97 Å². The number of carboxylic acids is 1. The molecule has 0 aliphatic carbocycles. The number of piperidine rings is 1. The number of hydrogen-bond acceptors (Lipinski definition) is 3. The van der Waals surface area contributed by atoms with Crippen molar-refractivity contribution in [2.24, 2.45) is 5.92 Å². The van der Waals surface area contributed by atoms with Crippen LogP contribution in [0.25, 0.3) is 10.8 Å². The molecule has 4 rings (SSSR count). The van der Waals surface area contributed by atoms with Crippen molar-refractivity contribution in [2.75, 3.05) is 19.7 Å². The number of benzene rings is 3. The quantitative estimate of drug-likeness (QED) is 0.529. The Morgan fingerprint density at radius 1 is 0.933 bits per heavy atom. The molecule has 3 aromatic rings. The highest BCUT2D eigenvalue weighted by Crippen LogP contribution is 2.24. The van der Waals surface area contributed by atoms with Crippen LogP contribution in [0.15, 0.2) is 66.7 Å². The number of hydrogen-bond donors (Lipinski definition) is 1. The molecule has 156 valence electrons. The molecule has 0 amide bonds. The van der Waals surface area contributed by atoms with Crippen molar-refractivity contribution in [3.05, 3.63) is 77.9 Å². The van der Waals surface area contributed by atoms with E-state index in [0.717, 1.165) is 51.1 Å². The zero-order valence-corrected chi connectivity index (χ0v) is 17.3.